The molecule has 0 aromatic rings. The Morgan fingerprint density at radius 2 is 1.88 bits per heavy atom. The normalized spacial score (nSPS) is 31.5. The molecule has 0 bridgehead atoms. The minimum atomic E-state index is -0.271. The molecule has 1 aliphatic carbocycles. The number of nitrogens with zero attached hydrogens (tertiary/aromatic N) is 1. The van der Waals surface area contributed by atoms with Gasteiger partial charge < -0.3 is 16.0 Å². The molecule has 0 aromatic carbocycles. The van der Waals surface area contributed by atoms with E-state index in [1.165, 1.54) is 38.5 Å². The summed E-state index contributed by atoms with van der Waals surface area (Å²) < 4.78 is 0. The van der Waals surface area contributed by atoms with Gasteiger partial charge in [-0.1, -0.05) is 26.2 Å². The third-order valence-electron chi connectivity index (χ3n) is 4.05. The summed E-state index contributed by atoms with van der Waals surface area (Å²) in [6, 6.07) is 0.829. The number of primary amides is 1. The highest BCUT2D eigenvalue weighted by atomic mass is 16.2. The zero-order valence-corrected chi connectivity index (χ0v) is 10.8. The van der Waals surface area contributed by atoms with Gasteiger partial charge in [-0.25, -0.2) is 4.79 Å². The lowest BCUT2D eigenvalue weighted by Crippen LogP contribution is -2.54. The monoisotopic (exact) mass is 239 g/mol. The van der Waals surface area contributed by atoms with Crippen LogP contribution in [0.15, 0.2) is 0 Å². The Hall–Kier alpha value is -0.770. The van der Waals surface area contributed by atoms with Gasteiger partial charge in [0.2, 0.25) is 0 Å². The van der Waals surface area contributed by atoms with E-state index >= 15 is 0 Å². The second-order valence-corrected chi connectivity index (χ2v) is 5.78. The van der Waals surface area contributed by atoms with Gasteiger partial charge in [-0.3, -0.25) is 0 Å². The number of likely N-dealkylation sites (tertiary alicyclic amines) is 1. The van der Waals surface area contributed by atoms with Crippen molar-refractivity contribution >= 4 is 6.03 Å². The van der Waals surface area contributed by atoms with Crippen LogP contribution in [0.3, 0.4) is 0 Å². The average Bonchev–Trinajstić information content (AvgIpc) is 2.29. The van der Waals surface area contributed by atoms with Crippen LogP contribution in [-0.2, 0) is 0 Å². The van der Waals surface area contributed by atoms with Crippen molar-refractivity contribution in [2.75, 3.05) is 13.1 Å². The van der Waals surface area contributed by atoms with Gasteiger partial charge in [0.05, 0.1) is 0 Å². The standard InChI is InChI=1S/C13H25N3O/c1-10-7-12(9-16(8-10)13(14)17)15-11-5-3-2-4-6-11/h10-12,15H,2-9H2,1H3,(H2,14,17). The van der Waals surface area contributed by atoms with Crippen LogP contribution in [0.25, 0.3) is 0 Å². The Bertz CT molecular complexity index is 263. The summed E-state index contributed by atoms with van der Waals surface area (Å²) in [7, 11) is 0. The molecule has 2 rings (SSSR count). The maximum absolute atomic E-state index is 11.3. The number of hydrogen-bond acceptors (Lipinski definition) is 2. The number of urea groups is 1. The molecule has 98 valence electrons. The Morgan fingerprint density at radius 3 is 2.53 bits per heavy atom. The van der Waals surface area contributed by atoms with Crippen LogP contribution in [0.5, 0.6) is 0 Å². The molecule has 1 heterocycles. The molecule has 3 N–H and O–H groups in total. The van der Waals surface area contributed by atoms with Crippen LogP contribution >= 0.6 is 0 Å². The quantitative estimate of drug-likeness (QED) is 0.770. The first-order valence-electron chi connectivity index (χ1n) is 6.95. The van der Waals surface area contributed by atoms with Crippen LogP contribution in [-0.4, -0.2) is 36.1 Å². The molecule has 0 radical (unpaired) electrons. The molecule has 2 aliphatic rings. The zero-order valence-electron chi connectivity index (χ0n) is 10.8. The smallest absolute Gasteiger partial charge is 0.314 e. The molecule has 4 heteroatoms. The van der Waals surface area contributed by atoms with Crippen LogP contribution in [0.2, 0.25) is 0 Å². The van der Waals surface area contributed by atoms with E-state index in [1.54, 1.807) is 4.90 Å². The average molecular weight is 239 g/mol. The topological polar surface area (TPSA) is 58.4 Å². The second kappa shape index (κ2) is 5.71. The maximum atomic E-state index is 11.3. The van der Waals surface area contributed by atoms with Crippen molar-refractivity contribution in [2.24, 2.45) is 11.7 Å². The summed E-state index contributed by atoms with van der Waals surface area (Å²) in [6.45, 7) is 3.80. The molecule has 1 saturated carbocycles. The minimum absolute atomic E-state index is 0.271. The highest BCUT2D eigenvalue weighted by Gasteiger charge is 2.28. The molecule has 0 spiro atoms. The Labute approximate surface area is 104 Å². The van der Waals surface area contributed by atoms with Gasteiger partial charge in [-0.05, 0) is 25.2 Å². The van der Waals surface area contributed by atoms with Gasteiger partial charge in [0, 0.05) is 25.2 Å². The molecular weight excluding hydrogens is 214 g/mol. The maximum Gasteiger partial charge on any atom is 0.314 e. The highest BCUT2D eigenvalue weighted by molar-refractivity contribution is 5.72. The molecule has 0 aromatic heterocycles. The lowest BCUT2D eigenvalue weighted by molar-refractivity contribution is 0.150. The predicted molar refractivity (Wildman–Crippen MR) is 68.7 cm³/mol. The summed E-state index contributed by atoms with van der Waals surface area (Å²) in [5.41, 5.74) is 5.38. The van der Waals surface area contributed by atoms with Crippen molar-refractivity contribution in [3.8, 4) is 0 Å². The summed E-state index contributed by atoms with van der Waals surface area (Å²) in [5.74, 6) is 0.553. The number of carbonyl (C=O) groups is 1. The van der Waals surface area contributed by atoms with Gasteiger partial charge in [0.25, 0.3) is 0 Å². The summed E-state index contributed by atoms with van der Waals surface area (Å²) >= 11 is 0. The fraction of sp³-hybridized carbons (Fsp3) is 0.923. The second-order valence-electron chi connectivity index (χ2n) is 5.78. The van der Waals surface area contributed by atoms with Crippen molar-refractivity contribution in [2.45, 2.75) is 57.5 Å². The van der Waals surface area contributed by atoms with Crippen molar-refractivity contribution in [3.05, 3.63) is 0 Å². The Morgan fingerprint density at radius 1 is 1.18 bits per heavy atom. The third-order valence-corrected chi connectivity index (χ3v) is 4.05. The number of rotatable bonds is 2. The first-order chi connectivity index (χ1) is 8.15. The number of amides is 2. The molecule has 2 fully saturated rings. The van der Waals surface area contributed by atoms with Gasteiger partial charge in [0.15, 0.2) is 0 Å². The molecular formula is C13H25N3O. The molecule has 17 heavy (non-hydrogen) atoms. The highest BCUT2D eigenvalue weighted by Crippen LogP contribution is 2.21. The van der Waals surface area contributed by atoms with Crippen molar-refractivity contribution in [3.63, 3.8) is 0 Å². The third kappa shape index (κ3) is 3.60. The van der Waals surface area contributed by atoms with E-state index in [4.69, 9.17) is 5.73 Å². The fourth-order valence-corrected chi connectivity index (χ4v) is 3.25. The number of hydrogen-bond donors (Lipinski definition) is 2. The van der Waals surface area contributed by atoms with Crippen molar-refractivity contribution in [1.82, 2.24) is 10.2 Å². The summed E-state index contributed by atoms with van der Waals surface area (Å²) in [5, 5.41) is 3.72. The summed E-state index contributed by atoms with van der Waals surface area (Å²) in [6.07, 6.45) is 7.83. The van der Waals surface area contributed by atoms with E-state index in [9.17, 15) is 4.79 Å². The molecule has 4 nitrogen and oxygen atoms in total. The number of nitrogens with two attached hydrogens (primary N) is 1. The van der Waals surface area contributed by atoms with Gasteiger partial charge in [-0.2, -0.15) is 0 Å². The van der Waals surface area contributed by atoms with E-state index in [2.05, 4.69) is 12.2 Å². The molecule has 1 aliphatic heterocycles. The number of nitrogens with one attached hydrogen (secondary N) is 1. The predicted octanol–water partition coefficient (Wildman–Crippen LogP) is 1.70. The van der Waals surface area contributed by atoms with Crippen LogP contribution < -0.4 is 11.1 Å². The van der Waals surface area contributed by atoms with Crippen LogP contribution in [0.1, 0.15) is 45.4 Å². The largest absolute Gasteiger partial charge is 0.351 e. The number of piperidine rings is 1. The Kier molecular flexibility index (Phi) is 4.26. The number of carbonyl (C=O) groups excluding carboxylic acids is 1. The van der Waals surface area contributed by atoms with E-state index in [0.717, 1.165) is 13.1 Å². The molecule has 2 unspecified atom stereocenters. The van der Waals surface area contributed by atoms with E-state index in [1.807, 2.05) is 0 Å². The van der Waals surface area contributed by atoms with Crippen LogP contribution in [0, 0.1) is 5.92 Å². The molecule has 2 amide bonds. The Balaban J connectivity index is 1.84. The molecule has 2 atom stereocenters. The first-order valence-corrected chi connectivity index (χ1v) is 6.95. The van der Waals surface area contributed by atoms with Crippen molar-refractivity contribution < 1.29 is 4.79 Å². The van der Waals surface area contributed by atoms with E-state index < -0.39 is 0 Å². The van der Waals surface area contributed by atoms with Gasteiger partial charge >= 0.3 is 6.03 Å². The van der Waals surface area contributed by atoms with Gasteiger partial charge in [0.1, 0.15) is 0 Å². The minimum Gasteiger partial charge on any atom is -0.351 e. The molecule has 1 saturated heterocycles. The van der Waals surface area contributed by atoms with Crippen molar-refractivity contribution in [1.29, 1.82) is 0 Å². The van der Waals surface area contributed by atoms with Crippen LogP contribution in [0.4, 0.5) is 4.79 Å². The fourth-order valence-electron chi connectivity index (χ4n) is 3.25. The van der Waals surface area contributed by atoms with E-state index in [0.29, 0.717) is 18.0 Å². The zero-order chi connectivity index (χ0) is 12.3. The lowest BCUT2D eigenvalue weighted by atomic mass is 9.91. The summed E-state index contributed by atoms with van der Waals surface area (Å²) in [4.78, 5) is 13.0. The SMILES string of the molecule is CC1CC(NC2CCCCC2)CN(C(N)=O)C1. The van der Waals surface area contributed by atoms with Gasteiger partial charge in [-0.15, -0.1) is 0 Å². The first kappa shape index (κ1) is 12.7. The lowest BCUT2D eigenvalue weighted by Gasteiger charge is -2.38. The van der Waals surface area contributed by atoms with E-state index in [-0.39, 0.29) is 6.03 Å².